The summed E-state index contributed by atoms with van der Waals surface area (Å²) >= 11 is 7.31. The minimum atomic E-state index is -4.20. The molecule has 0 unspecified atom stereocenters. The fourth-order valence-electron chi connectivity index (χ4n) is 3.70. The zero-order chi connectivity index (χ0) is 26.6. The number of ether oxygens (including phenoxy) is 2. The van der Waals surface area contributed by atoms with Gasteiger partial charge in [-0.3, -0.25) is 4.79 Å². The van der Waals surface area contributed by atoms with Gasteiger partial charge in [-0.05, 0) is 59.8 Å². The molecule has 0 aliphatic rings. The second kappa shape index (κ2) is 11.3. The van der Waals surface area contributed by atoms with Crippen LogP contribution in [0.5, 0.6) is 5.75 Å². The van der Waals surface area contributed by atoms with Gasteiger partial charge in [0.2, 0.25) is 15.9 Å². The van der Waals surface area contributed by atoms with E-state index >= 15 is 0 Å². The van der Waals surface area contributed by atoms with Crippen LogP contribution in [0.3, 0.4) is 0 Å². The number of carbonyl (C=O) groups excluding carboxylic acids is 2. The summed E-state index contributed by atoms with van der Waals surface area (Å²) in [5.41, 5.74) is 1.21. The molecule has 1 heterocycles. The van der Waals surface area contributed by atoms with Crippen molar-refractivity contribution >= 4 is 60.6 Å². The standard InChI is InChI=1S/C26H23ClN2O6S2/c1-34-21-10-8-18(27)15-24(21)37(32,33)29-20(12-16-6-4-3-5-7-16)25(30)28-19-9-11-22-17(13-19)14-23(36-22)26(31)35-2/h3-11,13-15,20,29H,12H2,1-2H3,(H,28,30)/t20-/m0/s1. The normalized spacial score (nSPS) is 12.2. The van der Waals surface area contributed by atoms with E-state index in [0.717, 1.165) is 15.6 Å². The first-order valence-corrected chi connectivity index (χ1v) is 13.7. The van der Waals surface area contributed by atoms with Crippen LogP contribution in [0.2, 0.25) is 5.02 Å². The fourth-order valence-corrected chi connectivity index (χ4v) is 6.29. The van der Waals surface area contributed by atoms with Crippen LogP contribution in [0.25, 0.3) is 10.1 Å². The number of halogens is 1. The molecule has 0 saturated carbocycles. The van der Waals surface area contributed by atoms with Crippen LogP contribution in [0.4, 0.5) is 5.69 Å². The lowest BCUT2D eigenvalue weighted by atomic mass is 10.1. The Labute approximate surface area is 223 Å². The molecule has 8 nitrogen and oxygen atoms in total. The van der Waals surface area contributed by atoms with Gasteiger partial charge in [-0.1, -0.05) is 41.9 Å². The molecular weight excluding hydrogens is 536 g/mol. The van der Waals surface area contributed by atoms with E-state index in [1.165, 1.54) is 43.8 Å². The highest BCUT2D eigenvalue weighted by molar-refractivity contribution is 7.89. The summed E-state index contributed by atoms with van der Waals surface area (Å²) in [5, 5.41) is 3.74. The summed E-state index contributed by atoms with van der Waals surface area (Å²) in [6.45, 7) is 0. The van der Waals surface area contributed by atoms with Gasteiger partial charge in [-0.2, -0.15) is 4.72 Å². The van der Waals surface area contributed by atoms with E-state index in [0.29, 0.717) is 10.6 Å². The molecule has 0 radical (unpaired) electrons. The monoisotopic (exact) mass is 558 g/mol. The molecule has 1 amide bonds. The van der Waals surface area contributed by atoms with Gasteiger partial charge in [0.1, 0.15) is 21.6 Å². The van der Waals surface area contributed by atoms with Crippen LogP contribution in [-0.4, -0.2) is 40.6 Å². The Balaban J connectivity index is 1.63. The molecule has 4 aromatic rings. The Bertz CT molecular complexity index is 1550. The summed E-state index contributed by atoms with van der Waals surface area (Å²) < 4.78 is 40.0. The van der Waals surface area contributed by atoms with E-state index in [-0.39, 0.29) is 22.1 Å². The Morgan fingerprint density at radius 3 is 2.46 bits per heavy atom. The van der Waals surface area contributed by atoms with Crippen LogP contribution >= 0.6 is 22.9 Å². The van der Waals surface area contributed by atoms with E-state index in [9.17, 15) is 18.0 Å². The molecule has 11 heteroatoms. The Kier molecular flexibility index (Phi) is 8.13. The summed E-state index contributed by atoms with van der Waals surface area (Å²) in [6, 6.07) is 19.0. The number of hydrogen-bond acceptors (Lipinski definition) is 7. The van der Waals surface area contributed by atoms with Crippen LogP contribution in [-0.2, 0) is 26.0 Å². The summed E-state index contributed by atoms with van der Waals surface area (Å²) in [5.74, 6) is -0.906. The van der Waals surface area contributed by atoms with E-state index in [4.69, 9.17) is 21.1 Å². The number of benzene rings is 3. The van der Waals surface area contributed by atoms with Crippen molar-refractivity contribution in [1.82, 2.24) is 4.72 Å². The fraction of sp³-hybridized carbons (Fsp3) is 0.154. The average Bonchev–Trinajstić information content (AvgIpc) is 3.32. The molecule has 3 aromatic carbocycles. The van der Waals surface area contributed by atoms with Crippen molar-refractivity contribution in [3.05, 3.63) is 88.3 Å². The summed E-state index contributed by atoms with van der Waals surface area (Å²) in [7, 11) is -1.54. The SMILES string of the molecule is COC(=O)c1cc2cc(NC(=O)[C@H](Cc3ccccc3)NS(=O)(=O)c3cc(Cl)ccc3OC)ccc2s1. The summed E-state index contributed by atoms with van der Waals surface area (Å²) in [6.07, 6.45) is 0.0992. The Morgan fingerprint density at radius 2 is 1.76 bits per heavy atom. The van der Waals surface area contributed by atoms with Gasteiger partial charge in [0.15, 0.2) is 0 Å². The highest BCUT2D eigenvalue weighted by atomic mass is 35.5. The largest absolute Gasteiger partial charge is 0.495 e. The quantitative estimate of drug-likeness (QED) is 0.283. The minimum Gasteiger partial charge on any atom is -0.495 e. The zero-order valence-corrected chi connectivity index (χ0v) is 22.2. The molecule has 0 saturated heterocycles. The molecule has 0 spiro atoms. The van der Waals surface area contributed by atoms with Gasteiger partial charge < -0.3 is 14.8 Å². The lowest BCUT2D eigenvalue weighted by molar-refractivity contribution is -0.117. The molecule has 4 rings (SSSR count). The number of thiophene rings is 1. The van der Waals surface area contributed by atoms with Crippen molar-refractivity contribution in [2.45, 2.75) is 17.4 Å². The van der Waals surface area contributed by atoms with Crippen molar-refractivity contribution in [2.75, 3.05) is 19.5 Å². The molecule has 1 atom stereocenters. The van der Waals surface area contributed by atoms with Crippen molar-refractivity contribution in [1.29, 1.82) is 0 Å². The number of fused-ring (bicyclic) bond motifs is 1. The van der Waals surface area contributed by atoms with E-state index < -0.39 is 27.9 Å². The number of nitrogens with one attached hydrogen (secondary N) is 2. The number of methoxy groups -OCH3 is 2. The second-order valence-electron chi connectivity index (χ2n) is 8.00. The maximum Gasteiger partial charge on any atom is 0.348 e. The number of hydrogen-bond donors (Lipinski definition) is 2. The number of amides is 1. The Hall–Kier alpha value is -3.44. The van der Waals surface area contributed by atoms with E-state index in [1.807, 2.05) is 18.2 Å². The van der Waals surface area contributed by atoms with Gasteiger partial charge in [0, 0.05) is 15.4 Å². The smallest absolute Gasteiger partial charge is 0.348 e. The molecular formula is C26H23ClN2O6S2. The van der Waals surface area contributed by atoms with Gasteiger partial charge in [-0.25, -0.2) is 13.2 Å². The maximum atomic E-state index is 13.4. The van der Waals surface area contributed by atoms with Crippen molar-refractivity contribution in [3.8, 4) is 5.75 Å². The van der Waals surface area contributed by atoms with E-state index in [2.05, 4.69) is 10.0 Å². The first kappa shape index (κ1) is 26.6. The second-order valence-corrected chi connectivity index (χ2v) is 11.2. The minimum absolute atomic E-state index is 0.0973. The van der Waals surface area contributed by atoms with Crippen LogP contribution in [0.1, 0.15) is 15.2 Å². The van der Waals surface area contributed by atoms with Gasteiger partial charge in [-0.15, -0.1) is 11.3 Å². The number of carbonyl (C=O) groups is 2. The van der Waals surface area contributed by atoms with Crippen molar-refractivity contribution in [3.63, 3.8) is 0 Å². The van der Waals surface area contributed by atoms with Gasteiger partial charge in [0.25, 0.3) is 0 Å². The highest BCUT2D eigenvalue weighted by Gasteiger charge is 2.29. The predicted octanol–water partition coefficient (Wildman–Crippen LogP) is 4.88. The van der Waals surface area contributed by atoms with Crippen LogP contribution in [0, 0.1) is 0 Å². The van der Waals surface area contributed by atoms with Crippen LogP contribution in [0.15, 0.2) is 77.7 Å². The third-order valence-electron chi connectivity index (χ3n) is 5.48. The highest BCUT2D eigenvalue weighted by Crippen LogP contribution is 2.30. The number of anilines is 1. The first-order chi connectivity index (χ1) is 17.7. The molecule has 0 bridgehead atoms. The third kappa shape index (κ3) is 6.28. The van der Waals surface area contributed by atoms with Gasteiger partial charge >= 0.3 is 5.97 Å². The third-order valence-corrected chi connectivity index (χ3v) is 8.31. The molecule has 37 heavy (non-hydrogen) atoms. The molecule has 0 aliphatic heterocycles. The number of rotatable bonds is 9. The first-order valence-electron chi connectivity index (χ1n) is 11.0. The molecule has 0 aliphatic carbocycles. The zero-order valence-electron chi connectivity index (χ0n) is 19.9. The Morgan fingerprint density at radius 1 is 1.00 bits per heavy atom. The molecule has 0 fully saturated rings. The molecule has 1 aromatic heterocycles. The number of esters is 1. The summed E-state index contributed by atoms with van der Waals surface area (Å²) in [4.78, 5) is 25.5. The topological polar surface area (TPSA) is 111 Å². The predicted molar refractivity (Wildman–Crippen MR) is 144 cm³/mol. The van der Waals surface area contributed by atoms with Crippen molar-refractivity contribution < 1.29 is 27.5 Å². The van der Waals surface area contributed by atoms with Crippen LogP contribution < -0.4 is 14.8 Å². The van der Waals surface area contributed by atoms with Crippen molar-refractivity contribution in [2.24, 2.45) is 0 Å². The lowest BCUT2D eigenvalue weighted by Crippen LogP contribution is -2.45. The number of sulfonamides is 1. The van der Waals surface area contributed by atoms with E-state index in [1.54, 1.807) is 36.4 Å². The van der Waals surface area contributed by atoms with Gasteiger partial charge in [0.05, 0.1) is 14.2 Å². The average molecular weight is 559 g/mol. The lowest BCUT2D eigenvalue weighted by Gasteiger charge is -2.20. The maximum absolute atomic E-state index is 13.4. The molecule has 2 N–H and O–H groups in total. The molecule has 192 valence electrons.